The van der Waals surface area contributed by atoms with Crippen molar-refractivity contribution in [2.24, 2.45) is 5.92 Å². The number of nitrogens with one attached hydrogen (secondary N) is 2. The smallest absolute Gasteiger partial charge is 0.406 e. The molecule has 6 rings (SSSR count). The fourth-order valence-corrected chi connectivity index (χ4v) is 8.29. The van der Waals surface area contributed by atoms with E-state index < -0.39 is 27.8 Å². The molecule has 11 nitrogen and oxygen atoms in total. The van der Waals surface area contributed by atoms with Crippen LogP contribution in [0.3, 0.4) is 0 Å². The number of fused-ring (bicyclic) bond motifs is 1. The van der Waals surface area contributed by atoms with Crippen molar-refractivity contribution in [2.75, 3.05) is 18.1 Å². The van der Waals surface area contributed by atoms with Gasteiger partial charge in [0.05, 0.1) is 28.9 Å². The second kappa shape index (κ2) is 11.3. The van der Waals surface area contributed by atoms with Crippen molar-refractivity contribution in [2.45, 2.75) is 64.0 Å². The first-order valence-corrected chi connectivity index (χ1v) is 16.4. The van der Waals surface area contributed by atoms with Gasteiger partial charge in [0.25, 0.3) is 0 Å². The van der Waals surface area contributed by atoms with Crippen LogP contribution in [0.4, 0.5) is 18.0 Å². The minimum atomic E-state index is -4.84. The zero-order valence-electron chi connectivity index (χ0n) is 24.6. The number of hydrogen-bond acceptors (Lipinski definition) is 8. The van der Waals surface area contributed by atoms with Crippen molar-refractivity contribution < 1.29 is 40.4 Å². The van der Waals surface area contributed by atoms with Crippen LogP contribution in [-0.4, -0.2) is 65.3 Å². The Bertz CT molecular complexity index is 1760. The number of urea groups is 1. The third-order valence-electron chi connectivity index (χ3n) is 8.53. The Kier molecular flexibility index (Phi) is 7.78. The lowest BCUT2D eigenvalue weighted by atomic mass is 9.87. The number of alkyl halides is 3. The topological polar surface area (TPSA) is 144 Å². The van der Waals surface area contributed by atoms with Gasteiger partial charge in [-0.05, 0) is 73.1 Å². The third kappa shape index (κ3) is 6.92. The summed E-state index contributed by atoms with van der Waals surface area (Å²) >= 11 is 0. The predicted molar refractivity (Wildman–Crippen MR) is 155 cm³/mol. The number of carbonyl (C=O) groups excluding carboxylic acids is 2. The summed E-state index contributed by atoms with van der Waals surface area (Å²) in [4.78, 5) is 32.2. The minimum Gasteiger partial charge on any atom is -0.406 e. The van der Waals surface area contributed by atoms with E-state index in [-0.39, 0.29) is 48.1 Å². The van der Waals surface area contributed by atoms with Gasteiger partial charge in [-0.25, -0.2) is 13.2 Å². The van der Waals surface area contributed by atoms with E-state index in [1.54, 1.807) is 36.9 Å². The maximum Gasteiger partial charge on any atom is 0.573 e. The summed E-state index contributed by atoms with van der Waals surface area (Å²) in [5.74, 6) is -0.185. The van der Waals surface area contributed by atoms with E-state index in [1.807, 2.05) is 0 Å². The average Bonchev–Trinajstić information content (AvgIpc) is 3.57. The zero-order chi connectivity index (χ0) is 32.1. The number of nitrogens with zero attached hydrogens (tertiary/aromatic N) is 3. The molecule has 1 saturated heterocycles. The number of aryl methyl sites for hydroxylation is 1. The third-order valence-corrected chi connectivity index (χ3v) is 10.4. The highest BCUT2D eigenvalue weighted by Gasteiger charge is 2.47. The normalized spacial score (nSPS) is 23.7. The molecule has 45 heavy (non-hydrogen) atoms. The first-order valence-electron chi connectivity index (χ1n) is 14.5. The molecule has 3 heterocycles. The van der Waals surface area contributed by atoms with Crippen molar-refractivity contribution in [3.63, 3.8) is 0 Å². The predicted octanol–water partition coefficient (Wildman–Crippen LogP) is 4.01. The van der Waals surface area contributed by atoms with Gasteiger partial charge < -0.3 is 24.8 Å². The summed E-state index contributed by atoms with van der Waals surface area (Å²) in [5.41, 5.74) is 2.68. The number of carbonyl (C=O) groups is 2. The van der Waals surface area contributed by atoms with E-state index >= 15 is 0 Å². The Morgan fingerprint density at radius 1 is 1.20 bits per heavy atom. The molecule has 0 radical (unpaired) electrons. The van der Waals surface area contributed by atoms with Crippen LogP contribution in [0.25, 0.3) is 11.1 Å². The molecule has 3 aliphatic rings. The fraction of sp³-hybridized carbons (Fsp3) is 0.467. The van der Waals surface area contributed by atoms with Crippen LogP contribution in [0.1, 0.15) is 54.1 Å². The molecule has 2 aliphatic heterocycles. The fourth-order valence-electron chi connectivity index (χ4n) is 6.19. The largest absolute Gasteiger partial charge is 0.573 e. The highest BCUT2D eigenvalue weighted by molar-refractivity contribution is 7.91. The second-order valence-electron chi connectivity index (χ2n) is 12.2. The maximum absolute atomic E-state index is 13.4. The number of sulfone groups is 1. The van der Waals surface area contributed by atoms with E-state index in [2.05, 4.69) is 25.5 Å². The Labute approximate surface area is 257 Å². The van der Waals surface area contributed by atoms with Gasteiger partial charge in [0.2, 0.25) is 11.8 Å². The Balaban J connectivity index is 1.24. The zero-order valence-corrected chi connectivity index (χ0v) is 25.4. The van der Waals surface area contributed by atoms with Gasteiger partial charge >= 0.3 is 12.4 Å². The van der Waals surface area contributed by atoms with E-state index in [1.165, 1.54) is 18.2 Å². The Morgan fingerprint density at radius 2 is 2.00 bits per heavy atom. The first kappa shape index (κ1) is 30.9. The summed E-state index contributed by atoms with van der Waals surface area (Å²) < 4.78 is 72.3. The number of hydrogen-bond donors (Lipinski definition) is 2. The van der Waals surface area contributed by atoms with Gasteiger partial charge in [-0.1, -0.05) is 29.4 Å². The van der Waals surface area contributed by atoms with Crippen LogP contribution in [0.15, 0.2) is 40.9 Å². The van der Waals surface area contributed by atoms with Gasteiger partial charge in [-0.2, -0.15) is 4.98 Å². The van der Waals surface area contributed by atoms with E-state index in [0.29, 0.717) is 48.6 Å². The summed E-state index contributed by atoms with van der Waals surface area (Å²) in [5, 5.41) is 9.65. The van der Waals surface area contributed by atoms with Crippen molar-refractivity contribution >= 4 is 21.8 Å². The van der Waals surface area contributed by atoms with E-state index in [4.69, 9.17) is 4.52 Å². The monoisotopic (exact) mass is 647 g/mol. The molecule has 3 aromatic rings. The van der Waals surface area contributed by atoms with Gasteiger partial charge in [0, 0.05) is 19.6 Å². The number of ether oxygens (including phenoxy) is 1. The maximum atomic E-state index is 13.4. The highest BCUT2D eigenvalue weighted by Crippen LogP contribution is 2.47. The van der Waals surface area contributed by atoms with Crippen molar-refractivity contribution in [3.8, 4) is 16.9 Å². The molecule has 0 spiro atoms. The van der Waals surface area contributed by atoms with Gasteiger partial charge in [0.1, 0.15) is 5.75 Å². The van der Waals surface area contributed by atoms with Crippen molar-refractivity contribution in [3.05, 3.63) is 64.8 Å². The summed E-state index contributed by atoms with van der Waals surface area (Å²) in [6, 6.07) is 8.90. The number of amides is 3. The van der Waals surface area contributed by atoms with Gasteiger partial charge in [-0.3, -0.25) is 4.79 Å². The van der Waals surface area contributed by atoms with Crippen LogP contribution < -0.4 is 15.4 Å². The second-order valence-corrected chi connectivity index (χ2v) is 14.3. The number of aromatic nitrogens is 2. The molecule has 1 aliphatic carbocycles. The molecule has 1 saturated carbocycles. The van der Waals surface area contributed by atoms with Crippen molar-refractivity contribution in [1.82, 2.24) is 25.7 Å². The molecule has 0 bridgehead atoms. The Morgan fingerprint density at radius 3 is 2.69 bits per heavy atom. The lowest BCUT2D eigenvalue weighted by molar-refractivity contribution is -0.274. The molecule has 3 unspecified atom stereocenters. The van der Waals surface area contributed by atoms with Gasteiger partial charge in [0.15, 0.2) is 15.7 Å². The van der Waals surface area contributed by atoms with E-state index in [9.17, 15) is 31.2 Å². The number of benzene rings is 2. The molecule has 1 aromatic heterocycles. The SMILES string of the molecule is Cc1noc(C2CC2C(=O)NCc2ccc(-c3cccc(OC(F)(F)F)c3)c3c2CN(C(=O)NC2(C)CCS(=O)(=O)C2)CC3)n1. The van der Waals surface area contributed by atoms with Crippen LogP contribution >= 0.6 is 0 Å². The molecule has 240 valence electrons. The standard InChI is InChI=1S/C30H32F3N5O6S/c1-17-35-27(44-37-17)24-13-23(24)26(39)34-14-19-6-7-21(18-4-3-5-20(12-18)43-30(31,32)33)22-8-10-38(15-25(19)22)28(40)36-29(2)9-11-45(41,42)16-29/h3-7,12,23-24H,8-11,13-16H2,1-2H3,(H,34,39)(H,36,40). The van der Waals surface area contributed by atoms with Crippen molar-refractivity contribution in [1.29, 1.82) is 0 Å². The quantitative estimate of drug-likeness (QED) is 0.392. The molecular weight excluding hydrogens is 615 g/mol. The average molecular weight is 648 g/mol. The number of rotatable bonds is 7. The van der Waals surface area contributed by atoms with Crippen LogP contribution in [0.5, 0.6) is 5.75 Å². The van der Waals surface area contributed by atoms with Gasteiger partial charge in [-0.15, -0.1) is 13.2 Å². The highest BCUT2D eigenvalue weighted by atomic mass is 32.2. The summed E-state index contributed by atoms with van der Waals surface area (Å²) in [6.07, 6.45) is -3.55. The lowest BCUT2D eigenvalue weighted by Crippen LogP contribution is -2.53. The minimum absolute atomic E-state index is 0.00485. The molecule has 2 N–H and O–H groups in total. The molecular formula is C30H32F3N5O6S. The van der Waals surface area contributed by atoms with Crippen LogP contribution in [0.2, 0.25) is 0 Å². The number of halogens is 3. The molecule has 3 amide bonds. The molecule has 2 fully saturated rings. The molecule has 2 aromatic carbocycles. The van der Waals surface area contributed by atoms with Crippen LogP contribution in [-0.2, 0) is 34.1 Å². The molecule has 15 heteroatoms. The first-order chi connectivity index (χ1) is 21.2. The Hall–Kier alpha value is -4.14. The molecule has 3 atom stereocenters. The lowest BCUT2D eigenvalue weighted by Gasteiger charge is -2.35. The van der Waals surface area contributed by atoms with Crippen LogP contribution in [0, 0.1) is 12.8 Å². The summed E-state index contributed by atoms with van der Waals surface area (Å²) in [7, 11) is -3.24. The summed E-state index contributed by atoms with van der Waals surface area (Å²) in [6.45, 7) is 4.04. The van der Waals surface area contributed by atoms with E-state index in [0.717, 1.165) is 16.7 Å².